The highest BCUT2D eigenvalue weighted by atomic mass is 35.5. The molecule has 8 heteroatoms. The van der Waals surface area contributed by atoms with Crippen molar-refractivity contribution < 1.29 is 19.4 Å². The number of aliphatic carboxylic acids is 1. The topological polar surface area (TPSA) is 84.7 Å². The molecule has 1 aromatic heterocycles. The van der Waals surface area contributed by atoms with Crippen LogP contribution in [-0.4, -0.2) is 51.4 Å². The van der Waals surface area contributed by atoms with Crippen molar-refractivity contribution in [2.75, 3.05) is 19.7 Å². The van der Waals surface area contributed by atoms with E-state index < -0.39 is 11.4 Å². The SMILES string of the molecule is O=C(CCn1cc(Cl)cn1)N1C[C@H]2c3ccccc3OC[C@@]2(C(=O)O)C1. The number of hydrogen-bond acceptors (Lipinski definition) is 4. The maximum atomic E-state index is 12.7. The van der Waals surface area contributed by atoms with Gasteiger partial charge in [0, 0.05) is 43.7 Å². The summed E-state index contributed by atoms with van der Waals surface area (Å²) in [5, 5.41) is 14.5. The van der Waals surface area contributed by atoms with Crippen molar-refractivity contribution in [1.29, 1.82) is 0 Å². The lowest BCUT2D eigenvalue weighted by Gasteiger charge is -2.35. The Labute approximate surface area is 155 Å². The van der Waals surface area contributed by atoms with Crippen molar-refractivity contribution >= 4 is 23.5 Å². The largest absolute Gasteiger partial charge is 0.492 e. The van der Waals surface area contributed by atoms with Crippen molar-refractivity contribution in [3.63, 3.8) is 0 Å². The summed E-state index contributed by atoms with van der Waals surface area (Å²) in [6, 6.07) is 7.45. The summed E-state index contributed by atoms with van der Waals surface area (Å²) in [7, 11) is 0. The number of aromatic nitrogens is 2. The number of carbonyl (C=O) groups is 2. The first-order valence-electron chi connectivity index (χ1n) is 8.40. The number of amides is 1. The molecule has 0 bridgehead atoms. The highest BCUT2D eigenvalue weighted by Crippen LogP contribution is 2.49. The second-order valence-corrected chi connectivity index (χ2v) is 7.22. The van der Waals surface area contributed by atoms with Gasteiger partial charge < -0.3 is 14.7 Å². The van der Waals surface area contributed by atoms with Crippen LogP contribution in [0, 0.1) is 5.41 Å². The zero-order valence-electron chi connectivity index (χ0n) is 14.0. The molecule has 1 fully saturated rings. The molecule has 3 heterocycles. The Balaban J connectivity index is 1.53. The summed E-state index contributed by atoms with van der Waals surface area (Å²) in [6.45, 7) is 1.01. The molecule has 2 atom stereocenters. The Hall–Kier alpha value is -2.54. The minimum Gasteiger partial charge on any atom is -0.492 e. The number of benzene rings is 1. The van der Waals surface area contributed by atoms with E-state index in [0.717, 1.165) is 5.56 Å². The summed E-state index contributed by atoms with van der Waals surface area (Å²) in [5.41, 5.74) is -0.241. The summed E-state index contributed by atoms with van der Waals surface area (Å²) < 4.78 is 7.32. The van der Waals surface area contributed by atoms with Crippen LogP contribution in [0.25, 0.3) is 0 Å². The molecule has 26 heavy (non-hydrogen) atoms. The molecule has 4 rings (SSSR count). The van der Waals surface area contributed by atoms with E-state index in [1.54, 1.807) is 15.8 Å². The third kappa shape index (κ3) is 2.72. The Morgan fingerprint density at radius 1 is 1.38 bits per heavy atom. The zero-order valence-corrected chi connectivity index (χ0v) is 14.7. The van der Waals surface area contributed by atoms with Crippen molar-refractivity contribution in [2.24, 2.45) is 5.41 Å². The van der Waals surface area contributed by atoms with Gasteiger partial charge in [0.25, 0.3) is 0 Å². The number of halogens is 1. The van der Waals surface area contributed by atoms with Crippen LogP contribution in [-0.2, 0) is 16.1 Å². The molecule has 2 aliphatic rings. The molecule has 1 N–H and O–H groups in total. The predicted molar refractivity (Wildman–Crippen MR) is 93.2 cm³/mol. The van der Waals surface area contributed by atoms with Crippen molar-refractivity contribution in [2.45, 2.75) is 18.9 Å². The van der Waals surface area contributed by atoms with Crippen LogP contribution in [0.2, 0.25) is 5.02 Å². The van der Waals surface area contributed by atoms with Gasteiger partial charge in [-0.1, -0.05) is 29.8 Å². The number of rotatable bonds is 4. The van der Waals surface area contributed by atoms with Crippen LogP contribution in [0.15, 0.2) is 36.7 Å². The van der Waals surface area contributed by atoms with Gasteiger partial charge in [-0.05, 0) is 6.07 Å². The lowest BCUT2D eigenvalue weighted by Crippen LogP contribution is -2.46. The molecule has 7 nitrogen and oxygen atoms in total. The molecular weight excluding hydrogens is 358 g/mol. The molecule has 0 saturated carbocycles. The first kappa shape index (κ1) is 16.9. The van der Waals surface area contributed by atoms with E-state index in [0.29, 0.717) is 23.9 Å². The van der Waals surface area contributed by atoms with Crippen molar-refractivity contribution in [3.8, 4) is 5.75 Å². The molecule has 136 valence electrons. The van der Waals surface area contributed by atoms with Crippen LogP contribution >= 0.6 is 11.6 Å². The Morgan fingerprint density at radius 2 is 2.19 bits per heavy atom. The number of para-hydroxylation sites is 1. The number of carboxylic acid groups (broad SMARTS) is 1. The molecule has 0 unspecified atom stereocenters. The number of nitrogens with zero attached hydrogens (tertiary/aromatic N) is 3. The molecule has 1 amide bonds. The second kappa shape index (κ2) is 6.32. The van der Waals surface area contributed by atoms with Gasteiger partial charge >= 0.3 is 5.97 Å². The normalized spacial score (nSPS) is 23.9. The van der Waals surface area contributed by atoms with E-state index in [2.05, 4.69) is 5.10 Å². The van der Waals surface area contributed by atoms with E-state index in [1.165, 1.54) is 6.20 Å². The first-order valence-corrected chi connectivity index (χ1v) is 8.78. The van der Waals surface area contributed by atoms with Gasteiger partial charge in [-0.25, -0.2) is 0 Å². The first-order chi connectivity index (χ1) is 12.5. The van der Waals surface area contributed by atoms with Crippen LogP contribution in [0.3, 0.4) is 0 Å². The molecule has 2 aromatic rings. The number of ether oxygens (including phenoxy) is 1. The molecular formula is C18H18ClN3O4. The number of likely N-dealkylation sites (tertiary alicyclic amines) is 1. The third-order valence-electron chi connectivity index (χ3n) is 5.26. The predicted octanol–water partition coefficient (Wildman–Crippen LogP) is 2.02. The summed E-state index contributed by atoms with van der Waals surface area (Å²) in [4.78, 5) is 26.4. The fourth-order valence-electron chi connectivity index (χ4n) is 3.86. The molecule has 2 aliphatic heterocycles. The van der Waals surface area contributed by atoms with Crippen LogP contribution < -0.4 is 4.74 Å². The molecule has 0 radical (unpaired) electrons. The van der Waals surface area contributed by atoms with E-state index in [9.17, 15) is 14.7 Å². The average Bonchev–Trinajstić information content (AvgIpc) is 3.24. The van der Waals surface area contributed by atoms with Crippen LogP contribution in [0.5, 0.6) is 5.75 Å². The van der Waals surface area contributed by atoms with Gasteiger partial charge in [0.05, 0.1) is 11.2 Å². The van der Waals surface area contributed by atoms with Crippen LogP contribution in [0.4, 0.5) is 0 Å². The standard InChI is InChI=1S/C18H18ClN3O4/c19-12-7-20-22(8-12)6-5-16(23)21-9-14-13-3-1-2-4-15(13)26-11-18(14,10-21)17(24)25/h1-4,7-8,14H,5-6,9-11H2,(H,24,25)/t14-,18-/m0/s1. The number of carbonyl (C=O) groups excluding carboxylic acids is 1. The quantitative estimate of drug-likeness (QED) is 0.883. The van der Waals surface area contributed by atoms with Crippen molar-refractivity contribution in [3.05, 3.63) is 47.2 Å². The maximum absolute atomic E-state index is 12.7. The maximum Gasteiger partial charge on any atom is 0.315 e. The summed E-state index contributed by atoms with van der Waals surface area (Å²) in [6.07, 6.45) is 3.41. The van der Waals surface area contributed by atoms with Crippen LogP contribution in [0.1, 0.15) is 17.9 Å². The lowest BCUT2D eigenvalue weighted by molar-refractivity contribution is -0.152. The Kier molecular flexibility index (Phi) is 4.11. The van der Waals surface area contributed by atoms with E-state index in [1.807, 2.05) is 24.3 Å². The highest BCUT2D eigenvalue weighted by molar-refractivity contribution is 6.30. The summed E-state index contributed by atoms with van der Waals surface area (Å²) >= 11 is 5.83. The molecule has 0 aliphatic carbocycles. The van der Waals surface area contributed by atoms with Gasteiger partial charge in [0.2, 0.25) is 5.91 Å². The number of carboxylic acids is 1. The fraction of sp³-hybridized carbons (Fsp3) is 0.389. The third-order valence-corrected chi connectivity index (χ3v) is 5.45. The van der Waals surface area contributed by atoms with Crippen molar-refractivity contribution in [1.82, 2.24) is 14.7 Å². The molecule has 0 spiro atoms. The van der Waals surface area contributed by atoms with E-state index >= 15 is 0 Å². The Morgan fingerprint density at radius 3 is 2.92 bits per heavy atom. The monoisotopic (exact) mass is 375 g/mol. The minimum atomic E-state index is -1.10. The fourth-order valence-corrected chi connectivity index (χ4v) is 4.01. The van der Waals surface area contributed by atoms with Gasteiger partial charge in [0.1, 0.15) is 17.8 Å². The van der Waals surface area contributed by atoms with Gasteiger partial charge in [0.15, 0.2) is 0 Å². The number of fused-ring (bicyclic) bond motifs is 3. The highest BCUT2D eigenvalue weighted by Gasteiger charge is 2.57. The lowest BCUT2D eigenvalue weighted by atomic mass is 9.73. The number of hydrogen-bond donors (Lipinski definition) is 1. The second-order valence-electron chi connectivity index (χ2n) is 6.79. The molecule has 1 saturated heterocycles. The zero-order chi connectivity index (χ0) is 18.3. The summed E-state index contributed by atoms with van der Waals surface area (Å²) in [5.74, 6) is -0.585. The average molecular weight is 376 g/mol. The van der Waals surface area contributed by atoms with E-state index in [-0.39, 0.29) is 31.4 Å². The van der Waals surface area contributed by atoms with E-state index in [4.69, 9.17) is 16.3 Å². The minimum absolute atomic E-state index is 0.0720. The van der Waals surface area contributed by atoms with Gasteiger partial charge in [-0.2, -0.15) is 5.10 Å². The van der Waals surface area contributed by atoms with Gasteiger partial charge in [-0.15, -0.1) is 0 Å². The number of aryl methyl sites for hydroxylation is 1. The Bertz CT molecular complexity index is 868. The van der Waals surface area contributed by atoms with Gasteiger partial charge in [-0.3, -0.25) is 14.3 Å². The molecule has 1 aromatic carbocycles. The smallest absolute Gasteiger partial charge is 0.315 e.